The minimum atomic E-state index is -0.0356. The van der Waals surface area contributed by atoms with Crippen molar-refractivity contribution in [1.29, 1.82) is 0 Å². The monoisotopic (exact) mass is 384 g/mol. The molecule has 2 unspecified atom stereocenters. The molecule has 2 aromatic rings. The predicted octanol–water partition coefficient (Wildman–Crippen LogP) is 4.26. The van der Waals surface area contributed by atoms with Crippen molar-refractivity contribution in [3.8, 4) is 0 Å². The van der Waals surface area contributed by atoms with Crippen LogP contribution >= 0.6 is 39.0 Å². The summed E-state index contributed by atoms with van der Waals surface area (Å²) in [7, 11) is 0. The lowest BCUT2D eigenvalue weighted by Crippen LogP contribution is -2.38. The van der Waals surface area contributed by atoms with Gasteiger partial charge in [-0.25, -0.2) is 0 Å². The molecule has 6 heteroatoms. The molecule has 1 amide bonds. The number of carbonyl (C=O) groups is 1. The highest BCUT2D eigenvalue weighted by Gasteiger charge is 2.29. The number of nitrogens with two attached hydrogens (primary N) is 1. The summed E-state index contributed by atoms with van der Waals surface area (Å²) in [5.41, 5.74) is 6.78. The fourth-order valence-corrected chi connectivity index (χ4v) is 5.60. The molecule has 0 aliphatic heterocycles. The molecule has 21 heavy (non-hydrogen) atoms. The number of anilines is 1. The van der Waals surface area contributed by atoms with Gasteiger partial charge in [-0.3, -0.25) is 4.79 Å². The van der Waals surface area contributed by atoms with Crippen molar-refractivity contribution in [3.63, 3.8) is 0 Å². The van der Waals surface area contributed by atoms with E-state index in [0.29, 0.717) is 15.8 Å². The summed E-state index contributed by atoms with van der Waals surface area (Å²) < 4.78 is 1.98. The third kappa shape index (κ3) is 2.81. The number of hydrogen-bond acceptors (Lipinski definition) is 4. The second-order valence-corrected chi connectivity index (χ2v) is 8.23. The number of amides is 1. The summed E-state index contributed by atoms with van der Waals surface area (Å²) in [4.78, 5) is 13.2. The first-order valence-corrected chi connectivity index (χ1v) is 9.81. The van der Waals surface area contributed by atoms with Crippen molar-refractivity contribution < 1.29 is 4.79 Å². The Kier molecular flexibility index (Phi) is 4.47. The van der Waals surface area contributed by atoms with E-state index in [1.165, 1.54) is 24.2 Å². The van der Waals surface area contributed by atoms with Gasteiger partial charge >= 0.3 is 0 Å². The molecular formula is C15H17BrN2OS2. The molecule has 112 valence electrons. The van der Waals surface area contributed by atoms with Gasteiger partial charge in [-0.1, -0.05) is 28.4 Å². The van der Waals surface area contributed by atoms with Crippen molar-refractivity contribution in [2.75, 3.05) is 12.0 Å². The van der Waals surface area contributed by atoms with Crippen LogP contribution in [-0.4, -0.2) is 23.5 Å². The number of carbonyl (C=O) groups excluding carboxylic acids is 1. The summed E-state index contributed by atoms with van der Waals surface area (Å²) in [6.45, 7) is 0. The number of benzene rings is 1. The Bertz CT molecular complexity index is 686. The van der Waals surface area contributed by atoms with Gasteiger partial charge in [0.1, 0.15) is 4.88 Å². The van der Waals surface area contributed by atoms with Crippen LogP contribution in [0.3, 0.4) is 0 Å². The van der Waals surface area contributed by atoms with Crippen LogP contribution in [0, 0.1) is 0 Å². The van der Waals surface area contributed by atoms with Gasteiger partial charge < -0.3 is 11.1 Å². The quantitative estimate of drug-likeness (QED) is 0.830. The molecule has 1 fully saturated rings. The molecule has 0 radical (unpaired) electrons. The van der Waals surface area contributed by atoms with Crippen molar-refractivity contribution in [2.24, 2.45) is 0 Å². The largest absolute Gasteiger partial charge is 0.397 e. The Morgan fingerprint density at radius 1 is 1.48 bits per heavy atom. The van der Waals surface area contributed by atoms with Crippen LogP contribution in [0.4, 0.5) is 5.69 Å². The van der Waals surface area contributed by atoms with Crippen LogP contribution in [0.2, 0.25) is 0 Å². The van der Waals surface area contributed by atoms with Crippen LogP contribution < -0.4 is 11.1 Å². The van der Waals surface area contributed by atoms with E-state index in [4.69, 9.17) is 5.73 Å². The molecule has 1 heterocycles. The maximum absolute atomic E-state index is 12.6. The maximum atomic E-state index is 12.6. The minimum absolute atomic E-state index is 0.0356. The number of halogens is 1. The van der Waals surface area contributed by atoms with Crippen molar-refractivity contribution in [3.05, 3.63) is 27.5 Å². The van der Waals surface area contributed by atoms with E-state index in [0.717, 1.165) is 21.0 Å². The van der Waals surface area contributed by atoms with Gasteiger partial charge in [-0.15, -0.1) is 11.3 Å². The van der Waals surface area contributed by atoms with Gasteiger partial charge in [0.25, 0.3) is 5.91 Å². The molecule has 3 N–H and O–H groups in total. The summed E-state index contributed by atoms with van der Waals surface area (Å²) in [5.74, 6) is -0.0356. The Hall–Kier alpha value is -0.720. The number of fused-ring (bicyclic) bond motifs is 1. The average molecular weight is 385 g/mol. The Labute approximate surface area is 140 Å². The molecule has 3 nitrogen and oxygen atoms in total. The highest BCUT2D eigenvalue weighted by molar-refractivity contribution is 9.10. The van der Waals surface area contributed by atoms with E-state index in [1.807, 2.05) is 30.0 Å². The lowest BCUT2D eigenvalue weighted by molar-refractivity contribution is 0.0943. The molecule has 0 spiro atoms. The van der Waals surface area contributed by atoms with Crippen LogP contribution in [0.15, 0.2) is 22.7 Å². The van der Waals surface area contributed by atoms with Gasteiger partial charge in [0.2, 0.25) is 0 Å². The third-order valence-electron chi connectivity index (χ3n) is 3.98. The zero-order chi connectivity index (χ0) is 15.0. The van der Waals surface area contributed by atoms with Crippen LogP contribution in [-0.2, 0) is 0 Å². The van der Waals surface area contributed by atoms with Crippen molar-refractivity contribution >= 4 is 60.7 Å². The molecular weight excluding hydrogens is 368 g/mol. The number of nitrogens with one attached hydrogen (secondary N) is 1. The minimum Gasteiger partial charge on any atom is -0.397 e. The van der Waals surface area contributed by atoms with E-state index < -0.39 is 0 Å². The summed E-state index contributed by atoms with van der Waals surface area (Å²) in [5, 5.41) is 4.64. The molecule has 1 saturated carbocycles. The highest BCUT2D eigenvalue weighted by atomic mass is 79.9. The molecule has 3 rings (SSSR count). The van der Waals surface area contributed by atoms with E-state index in [9.17, 15) is 4.79 Å². The number of hydrogen-bond donors (Lipinski definition) is 2. The molecule has 1 aliphatic carbocycles. The molecule has 2 atom stereocenters. The number of nitrogen functional groups attached to an aromatic ring is 1. The summed E-state index contributed by atoms with van der Waals surface area (Å²) in [6, 6.07) is 6.18. The Morgan fingerprint density at radius 2 is 2.29 bits per heavy atom. The number of rotatable bonds is 3. The van der Waals surface area contributed by atoms with E-state index in [-0.39, 0.29) is 11.9 Å². The van der Waals surface area contributed by atoms with Gasteiger partial charge in [-0.2, -0.15) is 11.8 Å². The topological polar surface area (TPSA) is 55.1 Å². The second-order valence-electron chi connectivity index (χ2n) is 5.24. The van der Waals surface area contributed by atoms with Crippen LogP contribution in [0.1, 0.15) is 28.9 Å². The summed E-state index contributed by atoms with van der Waals surface area (Å²) >= 11 is 6.81. The van der Waals surface area contributed by atoms with Crippen molar-refractivity contribution in [1.82, 2.24) is 5.32 Å². The summed E-state index contributed by atoms with van der Waals surface area (Å²) in [6.07, 6.45) is 5.54. The predicted molar refractivity (Wildman–Crippen MR) is 96.3 cm³/mol. The van der Waals surface area contributed by atoms with E-state index >= 15 is 0 Å². The fraction of sp³-hybridized carbons (Fsp3) is 0.400. The molecule has 1 aromatic carbocycles. The lowest BCUT2D eigenvalue weighted by atomic mass is 10.2. The highest BCUT2D eigenvalue weighted by Crippen LogP contribution is 2.38. The van der Waals surface area contributed by atoms with Gasteiger partial charge in [-0.05, 0) is 31.2 Å². The fourth-order valence-electron chi connectivity index (χ4n) is 2.91. The standard InChI is InChI=1S/C15H17BrN2OS2/c1-20-10-6-3-5-9(10)18-15(19)14-13(17)12-8(16)4-2-7-11(12)21-14/h2,4,7,9-10H,3,5-6,17H2,1H3,(H,18,19). The normalized spacial score (nSPS) is 21.8. The Morgan fingerprint density at radius 3 is 3.00 bits per heavy atom. The van der Waals surface area contributed by atoms with Crippen molar-refractivity contribution in [2.45, 2.75) is 30.6 Å². The molecule has 1 aliphatic rings. The first-order chi connectivity index (χ1) is 10.1. The second kappa shape index (κ2) is 6.18. The molecule has 0 bridgehead atoms. The average Bonchev–Trinajstić information content (AvgIpc) is 3.04. The number of thioether (sulfide) groups is 1. The van der Waals surface area contributed by atoms with Gasteiger partial charge in [0.15, 0.2) is 0 Å². The third-order valence-corrected chi connectivity index (χ3v) is 6.98. The Balaban J connectivity index is 1.88. The van der Waals surface area contributed by atoms with Crippen LogP contribution in [0.5, 0.6) is 0 Å². The SMILES string of the molecule is CSC1CCCC1NC(=O)c1sc2cccc(Br)c2c1N. The zero-order valence-electron chi connectivity index (χ0n) is 11.7. The lowest BCUT2D eigenvalue weighted by Gasteiger charge is -2.18. The smallest absolute Gasteiger partial charge is 0.263 e. The maximum Gasteiger partial charge on any atom is 0.263 e. The first kappa shape index (κ1) is 15.2. The van der Waals surface area contributed by atoms with Crippen LogP contribution in [0.25, 0.3) is 10.1 Å². The first-order valence-electron chi connectivity index (χ1n) is 6.92. The number of thiophene rings is 1. The molecule has 1 aromatic heterocycles. The van der Waals surface area contributed by atoms with Gasteiger partial charge in [0, 0.05) is 25.9 Å². The van der Waals surface area contributed by atoms with Gasteiger partial charge in [0.05, 0.1) is 5.69 Å². The van der Waals surface area contributed by atoms with E-state index in [2.05, 4.69) is 27.5 Å². The van der Waals surface area contributed by atoms with E-state index in [1.54, 1.807) is 0 Å². The zero-order valence-corrected chi connectivity index (χ0v) is 14.9. The molecule has 0 saturated heterocycles.